The van der Waals surface area contributed by atoms with Crippen LogP contribution in [0.4, 0.5) is 23.1 Å². The Morgan fingerprint density at radius 2 is 1.69 bits per heavy atom. The molecule has 0 bridgehead atoms. The lowest BCUT2D eigenvalue weighted by molar-refractivity contribution is 0.174. The van der Waals surface area contributed by atoms with Crippen LogP contribution in [-0.2, 0) is 0 Å². The van der Waals surface area contributed by atoms with Gasteiger partial charge in [0, 0.05) is 29.2 Å². The van der Waals surface area contributed by atoms with Crippen LogP contribution in [0.3, 0.4) is 0 Å². The maximum atomic E-state index is 5.42. The van der Waals surface area contributed by atoms with E-state index in [4.69, 9.17) is 9.47 Å². The lowest BCUT2D eigenvalue weighted by Gasteiger charge is -2.12. The molecule has 1 aliphatic rings. The fourth-order valence-corrected chi connectivity index (χ4v) is 2.80. The Morgan fingerprint density at radius 3 is 2.58 bits per heavy atom. The van der Waals surface area contributed by atoms with Crippen LogP contribution >= 0.6 is 0 Å². The zero-order valence-electron chi connectivity index (χ0n) is 15.0. The van der Waals surface area contributed by atoms with Crippen LogP contribution in [0.2, 0.25) is 0 Å². The lowest BCUT2D eigenvalue weighted by atomic mass is 10.1. The van der Waals surface area contributed by atoms with Gasteiger partial charge in [-0.3, -0.25) is 0 Å². The minimum absolute atomic E-state index is 0.259. The van der Waals surface area contributed by atoms with Crippen molar-refractivity contribution in [3.63, 3.8) is 0 Å². The van der Waals surface area contributed by atoms with Crippen LogP contribution in [0, 0.1) is 20.8 Å². The summed E-state index contributed by atoms with van der Waals surface area (Å²) in [5.74, 6) is 2.76. The first kappa shape index (κ1) is 16.2. The third-order valence-electron chi connectivity index (χ3n) is 4.14. The molecule has 0 atom stereocenters. The molecule has 26 heavy (non-hydrogen) atoms. The summed E-state index contributed by atoms with van der Waals surface area (Å²) in [5, 5.41) is 6.61. The predicted molar refractivity (Wildman–Crippen MR) is 102 cm³/mol. The highest BCUT2D eigenvalue weighted by molar-refractivity contribution is 5.64. The van der Waals surface area contributed by atoms with Gasteiger partial charge >= 0.3 is 0 Å². The van der Waals surface area contributed by atoms with Crippen molar-refractivity contribution in [2.24, 2.45) is 0 Å². The van der Waals surface area contributed by atoms with E-state index in [2.05, 4.69) is 52.6 Å². The Morgan fingerprint density at radius 1 is 0.846 bits per heavy atom. The topological polar surface area (TPSA) is 68.3 Å². The minimum atomic E-state index is 0.259. The summed E-state index contributed by atoms with van der Waals surface area (Å²) in [6.45, 7) is 6.33. The van der Waals surface area contributed by atoms with E-state index in [1.54, 1.807) is 0 Å². The second kappa shape index (κ2) is 6.55. The average molecular weight is 348 g/mol. The van der Waals surface area contributed by atoms with Crippen molar-refractivity contribution in [1.29, 1.82) is 0 Å². The number of nitrogens with zero attached hydrogens (tertiary/aromatic N) is 2. The molecule has 2 heterocycles. The number of fused-ring (bicyclic) bond motifs is 1. The van der Waals surface area contributed by atoms with Gasteiger partial charge < -0.3 is 20.1 Å². The van der Waals surface area contributed by atoms with Crippen LogP contribution in [0.15, 0.2) is 42.5 Å². The molecule has 6 heteroatoms. The van der Waals surface area contributed by atoms with Gasteiger partial charge in [0.2, 0.25) is 12.7 Å². The van der Waals surface area contributed by atoms with Crippen LogP contribution in [0.5, 0.6) is 11.5 Å². The number of hydrogen-bond acceptors (Lipinski definition) is 6. The van der Waals surface area contributed by atoms with Gasteiger partial charge in [-0.15, -0.1) is 0 Å². The zero-order chi connectivity index (χ0) is 18.1. The van der Waals surface area contributed by atoms with Gasteiger partial charge in [0.05, 0.1) is 0 Å². The van der Waals surface area contributed by atoms with Gasteiger partial charge in [0.15, 0.2) is 11.5 Å². The van der Waals surface area contributed by atoms with Crippen molar-refractivity contribution < 1.29 is 9.47 Å². The maximum absolute atomic E-state index is 5.42. The standard InChI is InChI=1S/C20H20N4O2/c1-12-4-5-13(2)16(8-12)23-20-21-14(3)9-19(24-20)22-15-6-7-17-18(10-15)26-11-25-17/h4-10H,11H2,1-3H3,(H2,21,22,23,24). The first-order valence-corrected chi connectivity index (χ1v) is 8.43. The molecule has 0 aliphatic carbocycles. The van der Waals surface area contributed by atoms with E-state index in [-0.39, 0.29) is 6.79 Å². The zero-order valence-corrected chi connectivity index (χ0v) is 15.0. The normalized spacial score (nSPS) is 12.1. The number of aromatic nitrogens is 2. The van der Waals surface area contributed by atoms with Crippen molar-refractivity contribution in [1.82, 2.24) is 9.97 Å². The lowest BCUT2D eigenvalue weighted by Crippen LogP contribution is -2.03. The summed E-state index contributed by atoms with van der Waals surface area (Å²) >= 11 is 0. The van der Waals surface area contributed by atoms with E-state index in [0.29, 0.717) is 11.8 Å². The molecular formula is C20H20N4O2. The molecule has 2 aromatic carbocycles. The van der Waals surface area contributed by atoms with Gasteiger partial charge in [0.25, 0.3) is 0 Å². The Labute approximate surface area is 152 Å². The number of anilines is 4. The Hall–Kier alpha value is -3.28. The van der Waals surface area contributed by atoms with E-state index < -0.39 is 0 Å². The van der Waals surface area contributed by atoms with E-state index in [9.17, 15) is 0 Å². The van der Waals surface area contributed by atoms with Gasteiger partial charge in [-0.2, -0.15) is 4.98 Å². The molecule has 1 aliphatic heterocycles. The predicted octanol–water partition coefficient (Wildman–Crippen LogP) is 4.62. The largest absolute Gasteiger partial charge is 0.454 e. The van der Waals surface area contributed by atoms with Gasteiger partial charge in [-0.05, 0) is 50.1 Å². The molecule has 1 aromatic heterocycles. The number of nitrogens with one attached hydrogen (secondary N) is 2. The highest BCUT2D eigenvalue weighted by atomic mass is 16.7. The van der Waals surface area contributed by atoms with E-state index in [0.717, 1.165) is 34.1 Å². The molecule has 0 unspecified atom stereocenters. The number of rotatable bonds is 4. The fourth-order valence-electron chi connectivity index (χ4n) is 2.80. The van der Waals surface area contributed by atoms with Crippen molar-refractivity contribution >= 4 is 23.1 Å². The van der Waals surface area contributed by atoms with Crippen LogP contribution in [0.25, 0.3) is 0 Å². The van der Waals surface area contributed by atoms with Crippen LogP contribution in [-0.4, -0.2) is 16.8 Å². The molecule has 2 N–H and O–H groups in total. The number of benzene rings is 2. The van der Waals surface area contributed by atoms with Crippen molar-refractivity contribution in [3.05, 3.63) is 59.3 Å². The number of hydrogen-bond donors (Lipinski definition) is 2. The number of ether oxygens (including phenoxy) is 2. The fraction of sp³-hybridized carbons (Fsp3) is 0.200. The highest BCUT2D eigenvalue weighted by Crippen LogP contribution is 2.35. The first-order valence-electron chi connectivity index (χ1n) is 8.43. The second-order valence-corrected chi connectivity index (χ2v) is 6.35. The molecule has 132 valence electrons. The van der Waals surface area contributed by atoms with E-state index in [1.807, 2.05) is 31.2 Å². The molecule has 3 aromatic rings. The number of aryl methyl sites for hydroxylation is 3. The quantitative estimate of drug-likeness (QED) is 0.717. The summed E-state index contributed by atoms with van der Waals surface area (Å²) in [6, 6.07) is 13.9. The van der Waals surface area contributed by atoms with Crippen molar-refractivity contribution in [3.8, 4) is 11.5 Å². The molecule has 0 saturated heterocycles. The van der Waals surface area contributed by atoms with Gasteiger partial charge in [-0.25, -0.2) is 4.98 Å². The molecule has 0 spiro atoms. The Bertz CT molecular complexity index is 972. The van der Waals surface area contributed by atoms with Crippen LogP contribution < -0.4 is 20.1 Å². The Balaban J connectivity index is 1.59. The monoisotopic (exact) mass is 348 g/mol. The van der Waals surface area contributed by atoms with Crippen molar-refractivity contribution in [2.45, 2.75) is 20.8 Å². The van der Waals surface area contributed by atoms with E-state index >= 15 is 0 Å². The smallest absolute Gasteiger partial charge is 0.231 e. The highest BCUT2D eigenvalue weighted by Gasteiger charge is 2.13. The SMILES string of the molecule is Cc1ccc(C)c(Nc2nc(C)cc(Nc3ccc4c(c3)OCO4)n2)c1. The van der Waals surface area contributed by atoms with Crippen molar-refractivity contribution in [2.75, 3.05) is 17.4 Å². The molecular weight excluding hydrogens is 328 g/mol. The summed E-state index contributed by atoms with van der Waals surface area (Å²) in [4.78, 5) is 9.08. The van der Waals surface area contributed by atoms with Gasteiger partial charge in [0.1, 0.15) is 5.82 Å². The summed E-state index contributed by atoms with van der Waals surface area (Å²) in [6.07, 6.45) is 0. The third-order valence-corrected chi connectivity index (χ3v) is 4.14. The molecule has 0 saturated carbocycles. The summed E-state index contributed by atoms with van der Waals surface area (Å²) < 4.78 is 10.8. The maximum Gasteiger partial charge on any atom is 0.231 e. The van der Waals surface area contributed by atoms with Gasteiger partial charge in [-0.1, -0.05) is 12.1 Å². The molecule has 0 radical (unpaired) electrons. The molecule has 0 fully saturated rings. The first-order chi connectivity index (χ1) is 12.6. The minimum Gasteiger partial charge on any atom is -0.454 e. The summed E-state index contributed by atoms with van der Waals surface area (Å²) in [5.41, 5.74) is 5.08. The Kier molecular flexibility index (Phi) is 4.08. The molecule has 0 amide bonds. The summed E-state index contributed by atoms with van der Waals surface area (Å²) in [7, 11) is 0. The second-order valence-electron chi connectivity index (χ2n) is 6.35. The third kappa shape index (κ3) is 3.39. The van der Waals surface area contributed by atoms with E-state index in [1.165, 1.54) is 5.56 Å². The molecule has 4 rings (SSSR count). The average Bonchev–Trinajstić information content (AvgIpc) is 3.05. The molecule has 6 nitrogen and oxygen atoms in total. The van der Waals surface area contributed by atoms with Crippen LogP contribution in [0.1, 0.15) is 16.8 Å².